The summed E-state index contributed by atoms with van der Waals surface area (Å²) in [6.45, 7) is 4.72. The number of amides is 2. The molecule has 2 amide bonds. The van der Waals surface area contributed by atoms with E-state index >= 15 is 0 Å². The lowest BCUT2D eigenvalue weighted by Crippen LogP contribution is -2.36. The SMILES string of the molecule is C.CCOC(=O)N1CCc2cc(OC)c(C(=O)Nc3cccc(-c4nncn4[C@H](C)CO)n3)cc2C1. The zero-order valence-corrected chi connectivity index (χ0v) is 19.9. The van der Waals surface area contributed by atoms with Crippen LogP contribution in [0.25, 0.3) is 11.5 Å². The van der Waals surface area contributed by atoms with Gasteiger partial charge in [0.15, 0.2) is 5.82 Å². The van der Waals surface area contributed by atoms with Crippen LogP contribution < -0.4 is 10.1 Å². The Morgan fingerprint density at radius 3 is 2.78 bits per heavy atom. The predicted molar refractivity (Wildman–Crippen MR) is 134 cm³/mol. The van der Waals surface area contributed by atoms with Crippen LogP contribution in [0.2, 0.25) is 0 Å². The molecule has 0 spiro atoms. The van der Waals surface area contributed by atoms with Crippen LogP contribution in [-0.4, -0.2) is 68.6 Å². The van der Waals surface area contributed by atoms with Gasteiger partial charge in [-0.2, -0.15) is 0 Å². The molecule has 0 fully saturated rings. The van der Waals surface area contributed by atoms with E-state index in [0.717, 1.165) is 11.1 Å². The molecule has 3 heterocycles. The lowest BCUT2D eigenvalue weighted by molar-refractivity contribution is 0.102. The molecule has 1 aliphatic rings. The van der Waals surface area contributed by atoms with Crippen molar-refractivity contribution in [1.29, 1.82) is 0 Å². The minimum atomic E-state index is -0.396. The van der Waals surface area contributed by atoms with Crippen molar-refractivity contribution >= 4 is 17.8 Å². The van der Waals surface area contributed by atoms with Crippen LogP contribution in [0.5, 0.6) is 5.75 Å². The molecule has 0 radical (unpaired) electrons. The van der Waals surface area contributed by atoms with Crippen LogP contribution in [0, 0.1) is 0 Å². The molecule has 4 rings (SSSR count). The third-order valence-electron chi connectivity index (χ3n) is 5.84. The van der Waals surface area contributed by atoms with Gasteiger partial charge in [-0.05, 0) is 55.7 Å². The van der Waals surface area contributed by atoms with Gasteiger partial charge in [0, 0.05) is 13.1 Å². The summed E-state index contributed by atoms with van der Waals surface area (Å²) in [5.74, 6) is 0.853. The van der Waals surface area contributed by atoms with Gasteiger partial charge >= 0.3 is 6.09 Å². The Kier molecular flexibility index (Phi) is 8.59. The van der Waals surface area contributed by atoms with Crippen molar-refractivity contribution in [3.63, 3.8) is 0 Å². The highest BCUT2D eigenvalue weighted by Crippen LogP contribution is 2.29. The fraction of sp³-hybridized carbons (Fsp3) is 0.400. The van der Waals surface area contributed by atoms with Gasteiger partial charge in [0.05, 0.1) is 31.9 Å². The number of carbonyl (C=O) groups excluding carboxylic acids is 2. The largest absolute Gasteiger partial charge is 0.496 e. The van der Waals surface area contributed by atoms with E-state index in [1.54, 1.807) is 40.7 Å². The first-order valence-electron chi connectivity index (χ1n) is 11.4. The first-order chi connectivity index (χ1) is 16.9. The first-order valence-corrected chi connectivity index (χ1v) is 11.4. The third kappa shape index (κ3) is 5.46. The van der Waals surface area contributed by atoms with Crippen LogP contribution in [0.15, 0.2) is 36.7 Å². The number of pyridine rings is 1. The summed E-state index contributed by atoms with van der Waals surface area (Å²) in [5, 5.41) is 20.3. The van der Waals surface area contributed by atoms with E-state index < -0.39 is 5.91 Å². The van der Waals surface area contributed by atoms with E-state index in [9.17, 15) is 14.7 Å². The first kappa shape index (κ1) is 26.6. The second kappa shape index (κ2) is 11.6. The maximum Gasteiger partial charge on any atom is 0.410 e. The molecule has 3 aromatic rings. The Balaban J connectivity index is 0.00000361. The average Bonchev–Trinajstić information content (AvgIpc) is 3.37. The van der Waals surface area contributed by atoms with Crippen LogP contribution in [0.1, 0.15) is 48.8 Å². The van der Waals surface area contributed by atoms with E-state index in [1.807, 2.05) is 13.0 Å². The molecule has 36 heavy (non-hydrogen) atoms. The summed E-state index contributed by atoms with van der Waals surface area (Å²) in [7, 11) is 1.51. The summed E-state index contributed by atoms with van der Waals surface area (Å²) >= 11 is 0. The molecule has 11 heteroatoms. The monoisotopic (exact) mass is 496 g/mol. The van der Waals surface area contributed by atoms with Gasteiger partial charge in [-0.1, -0.05) is 13.5 Å². The minimum Gasteiger partial charge on any atom is -0.496 e. The van der Waals surface area contributed by atoms with Gasteiger partial charge in [-0.25, -0.2) is 9.78 Å². The Hall–Kier alpha value is -3.99. The molecule has 2 aromatic heterocycles. The highest BCUT2D eigenvalue weighted by Gasteiger charge is 2.25. The number of ether oxygens (including phenoxy) is 2. The van der Waals surface area contributed by atoms with Gasteiger partial charge in [0.25, 0.3) is 5.91 Å². The number of methoxy groups -OCH3 is 1. The quantitative estimate of drug-likeness (QED) is 0.509. The highest BCUT2D eigenvalue weighted by molar-refractivity contribution is 6.06. The van der Waals surface area contributed by atoms with E-state index in [2.05, 4.69) is 20.5 Å². The summed E-state index contributed by atoms with van der Waals surface area (Å²) < 4.78 is 12.3. The van der Waals surface area contributed by atoms with E-state index in [-0.39, 0.29) is 26.2 Å². The molecule has 1 atom stereocenters. The molecular weight excluding hydrogens is 464 g/mol. The van der Waals surface area contributed by atoms with Crippen LogP contribution in [0.4, 0.5) is 10.6 Å². The Morgan fingerprint density at radius 1 is 1.25 bits per heavy atom. The van der Waals surface area contributed by atoms with Crippen molar-refractivity contribution in [1.82, 2.24) is 24.6 Å². The van der Waals surface area contributed by atoms with E-state index in [4.69, 9.17) is 9.47 Å². The van der Waals surface area contributed by atoms with Crippen molar-refractivity contribution in [2.24, 2.45) is 0 Å². The molecule has 1 aliphatic heterocycles. The Labute approximate surface area is 210 Å². The number of benzene rings is 1. The fourth-order valence-corrected chi connectivity index (χ4v) is 3.95. The van der Waals surface area contributed by atoms with Crippen LogP contribution in [-0.2, 0) is 17.7 Å². The number of carbonyl (C=O) groups is 2. The number of aromatic nitrogens is 4. The molecule has 1 aromatic carbocycles. The predicted octanol–water partition coefficient (Wildman–Crippen LogP) is 3.31. The van der Waals surface area contributed by atoms with Crippen LogP contribution in [0.3, 0.4) is 0 Å². The van der Waals surface area contributed by atoms with E-state index in [0.29, 0.717) is 54.8 Å². The highest BCUT2D eigenvalue weighted by atomic mass is 16.6. The van der Waals surface area contributed by atoms with E-state index in [1.165, 1.54) is 13.4 Å². The normalized spacial score (nSPS) is 13.3. The molecule has 0 unspecified atom stereocenters. The number of aliphatic hydroxyl groups is 1. The van der Waals surface area contributed by atoms with Crippen molar-refractivity contribution in [3.05, 3.63) is 53.3 Å². The number of hydrogen-bond acceptors (Lipinski definition) is 8. The average molecular weight is 497 g/mol. The molecule has 0 aliphatic carbocycles. The van der Waals surface area contributed by atoms with Gasteiger partial charge in [0.2, 0.25) is 0 Å². The van der Waals surface area contributed by atoms with Gasteiger partial charge in [-0.3, -0.25) is 4.79 Å². The lowest BCUT2D eigenvalue weighted by atomic mass is 9.96. The van der Waals surface area contributed by atoms with Gasteiger partial charge in [-0.15, -0.1) is 10.2 Å². The summed E-state index contributed by atoms with van der Waals surface area (Å²) in [5.41, 5.74) is 2.73. The fourth-order valence-electron chi connectivity index (χ4n) is 3.95. The standard InChI is InChI=1S/C24H28N6O5.CH4/c1-4-35-24(33)29-9-8-16-11-20(34-3)18(10-17(16)12-29)23(32)27-21-7-5-6-19(26-21)22-28-25-14-30(22)15(2)13-31;/h5-7,10-11,14-15,31H,4,8-9,12-13H2,1-3H3,(H,26,27,32);1H4/t15-;/m1./s1. The third-order valence-corrected chi connectivity index (χ3v) is 5.84. The van der Waals surface area contributed by atoms with Gasteiger partial charge < -0.3 is 29.4 Å². The van der Waals surface area contributed by atoms with Crippen LogP contribution >= 0.6 is 0 Å². The Bertz CT molecular complexity index is 1230. The molecule has 0 saturated heterocycles. The van der Waals surface area contributed by atoms with Crippen molar-refractivity contribution in [2.45, 2.75) is 40.3 Å². The number of rotatable bonds is 7. The molecular formula is C25H32N6O5. The molecule has 0 saturated carbocycles. The number of hydrogen-bond donors (Lipinski definition) is 2. The van der Waals surface area contributed by atoms with Crippen molar-refractivity contribution in [2.75, 3.05) is 32.2 Å². The van der Waals surface area contributed by atoms with Gasteiger partial charge in [0.1, 0.15) is 23.6 Å². The number of anilines is 1. The molecule has 11 nitrogen and oxygen atoms in total. The maximum atomic E-state index is 13.2. The van der Waals surface area contributed by atoms with Crippen molar-refractivity contribution < 1.29 is 24.2 Å². The zero-order valence-electron chi connectivity index (χ0n) is 19.9. The zero-order chi connectivity index (χ0) is 24.9. The summed E-state index contributed by atoms with van der Waals surface area (Å²) in [6, 6.07) is 8.54. The minimum absolute atomic E-state index is 0. The second-order valence-corrected chi connectivity index (χ2v) is 8.15. The number of nitrogens with one attached hydrogen (secondary N) is 1. The summed E-state index contributed by atoms with van der Waals surface area (Å²) in [6.07, 6.45) is 1.80. The molecule has 0 bridgehead atoms. The lowest BCUT2D eigenvalue weighted by Gasteiger charge is -2.28. The number of nitrogens with zero attached hydrogens (tertiary/aromatic N) is 5. The second-order valence-electron chi connectivity index (χ2n) is 8.15. The maximum absolute atomic E-state index is 13.2. The number of aliphatic hydroxyl groups excluding tert-OH is 1. The topological polar surface area (TPSA) is 132 Å². The Morgan fingerprint density at radius 2 is 2.06 bits per heavy atom. The van der Waals surface area contributed by atoms with Crippen molar-refractivity contribution in [3.8, 4) is 17.3 Å². The summed E-state index contributed by atoms with van der Waals surface area (Å²) in [4.78, 5) is 31.5. The molecule has 192 valence electrons. The molecule has 2 N–H and O–H groups in total. The number of fused-ring (bicyclic) bond motifs is 1. The smallest absolute Gasteiger partial charge is 0.410 e.